The third-order valence-corrected chi connectivity index (χ3v) is 16.5. The van der Waals surface area contributed by atoms with Crippen molar-refractivity contribution in [2.75, 3.05) is 13.2 Å². The first-order chi connectivity index (χ1) is 41.0. The lowest BCUT2D eigenvalue weighted by Crippen LogP contribution is -2.30. The lowest BCUT2D eigenvalue weighted by Gasteiger charge is -2.18. The Balaban J connectivity index is 4.23. The molecule has 83 heavy (non-hydrogen) atoms. The van der Waals surface area contributed by atoms with Crippen LogP contribution in [0.4, 0.5) is 0 Å². The fourth-order valence-electron chi connectivity index (χ4n) is 11.0. The molecule has 0 amide bonds. The lowest BCUT2D eigenvalue weighted by atomic mass is 10.0. The first-order valence-corrected chi connectivity index (χ1v) is 36.8. The van der Waals surface area contributed by atoms with E-state index in [0.717, 1.165) is 89.9 Å². The average molecular weight is 1160 g/mol. The molecule has 0 N–H and O–H groups in total. The van der Waals surface area contributed by atoms with E-state index in [1.807, 2.05) is 0 Å². The Kier molecular flexibility index (Phi) is 69.1. The molecule has 0 saturated heterocycles. The van der Waals surface area contributed by atoms with Crippen LogP contribution in [0.5, 0.6) is 0 Å². The maximum Gasteiger partial charge on any atom is 0.306 e. The Morgan fingerprint density at radius 2 is 0.434 bits per heavy atom. The molecule has 6 heteroatoms. The highest BCUT2D eigenvalue weighted by Gasteiger charge is 2.19. The quantitative estimate of drug-likeness (QED) is 0.0261. The maximum atomic E-state index is 13.0. The Hall–Kier alpha value is -2.89. The summed E-state index contributed by atoms with van der Waals surface area (Å²) in [4.78, 5) is 38.5. The highest BCUT2D eigenvalue weighted by molar-refractivity contribution is 5.71. The Labute approximate surface area is 517 Å². The monoisotopic (exact) mass is 1160 g/mol. The standard InChI is InChI=1S/C77H140O6/c1-4-7-10-13-16-19-22-25-28-31-33-34-35-36-37-38-39-40-41-42-43-44-45-47-49-52-55-58-61-64-67-70-76(79)82-73-74(72-81-75(78)69-66-63-60-57-54-51-48-30-27-24-21-18-15-12-9-6-3)83-77(80)71-68-65-62-59-56-53-50-46-32-29-26-23-20-17-14-11-8-5-2/h21-22,24-25,30-31,33,35-36,48,74H,4-20,23,26-29,32,34,37-47,49-73H2,1-3H3/b24-21-,25-22-,33-31-,36-35-,48-30-. The van der Waals surface area contributed by atoms with Crippen molar-refractivity contribution in [1.82, 2.24) is 0 Å². The number of hydrogen-bond donors (Lipinski definition) is 0. The predicted molar refractivity (Wildman–Crippen MR) is 362 cm³/mol. The van der Waals surface area contributed by atoms with Gasteiger partial charge in [0.25, 0.3) is 0 Å². The van der Waals surface area contributed by atoms with Gasteiger partial charge < -0.3 is 14.2 Å². The van der Waals surface area contributed by atoms with Crippen molar-refractivity contribution in [3.8, 4) is 0 Å². The number of unbranched alkanes of at least 4 members (excludes halogenated alkanes) is 47. The van der Waals surface area contributed by atoms with Gasteiger partial charge in [-0.15, -0.1) is 0 Å². The normalized spacial score (nSPS) is 12.4. The number of carbonyl (C=O) groups is 3. The summed E-state index contributed by atoms with van der Waals surface area (Å²) in [6.07, 6.45) is 92.6. The smallest absolute Gasteiger partial charge is 0.306 e. The van der Waals surface area contributed by atoms with E-state index in [1.165, 1.54) is 263 Å². The van der Waals surface area contributed by atoms with Crippen LogP contribution in [-0.4, -0.2) is 37.2 Å². The van der Waals surface area contributed by atoms with Gasteiger partial charge in [0.1, 0.15) is 13.2 Å². The van der Waals surface area contributed by atoms with Gasteiger partial charge in [0, 0.05) is 19.3 Å². The molecule has 0 aromatic heterocycles. The van der Waals surface area contributed by atoms with Crippen molar-refractivity contribution in [2.45, 2.75) is 399 Å². The van der Waals surface area contributed by atoms with Crippen LogP contribution in [0.1, 0.15) is 393 Å². The SMILES string of the molecule is CCCCCC/C=C\C/C=C\CCCCCCCC(=O)OCC(COC(=O)CCCCCCCCCCCCCCCCCC/C=C\C/C=C\C/C=C\CCCCCCC)OC(=O)CCCCCCCCCCCCCCCCCCCC. The summed E-state index contributed by atoms with van der Waals surface area (Å²) >= 11 is 0. The van der Waals surface area contributed by atoms with Crippen LogP contribution in [0.15, 0.2) is 60.8 Å². The van der Waals surface area contributed by atoms with Gasteiger partial charge in [-0.25, -0.2) is 0 Å². The van der Waals surface area contributed by atoms with E-state index in [4.69, 9.17) is 14.2 Å². The number of esters is 3. The van der Waals surface area contributed by atoms with Gasteiger partial charge in [-0.3, -0.25) is 14.4 Å². The molecule has 0 fully saturated rings. The van der Waals surface area contributed by atoms with E-state index < -0.39 is 6.10 Å². The minimum atomic E-state index is -0.779. The van der Waals surface area contributed by atoms with Crippen molar-refractivity contribution in [2.24, 2.45) is 0 Å². The van der Waals surface area contributed by atoms with Gasteiger partial charge in [0.2, 0.25) is 0 Å². The third kappa shape index (κ3) is 69.8. The largest absolute Gasteiger partial charge is 0.462 e. The van der Waals surface area contributed by atoms with Crippen LogP contribution in [-0.2, 0) is 28.6 Å². The maximum absolute atomic E-state index is 13.0. The molecule has 0 bridgehead atoms. The van der Waals surface area contributed by atoms with Gasteiger partial charge in [-0.05, 0) is 89.9 Å². The predicted octanol–water partition coefficient (Wildman–Crippen LogP) is 25.5. The van der Waals surface area contributed by atoms with Crippen LogP contribution in [0.3, 0.4) is 0 Å². The first kappa shape index (κ1) is 80.1. The summed E-state index contributed by atoms with van der Waals surface area (Å²) in [6.45, 7) is 6.67. The summed E-state index contributed by atoms with van der Waals surface area (Å²) in [5, 5.41) is 0. The van der Waals surface area contributed by atoms with E-state index in [-0.39, 0.29) is 31.1 Å². The molecule has 0 spiro atoms. The second kappa shape index (κ2) is 71.6. The second-order valence-corrected chi connectivity index (χ2v) is 24.9. The zero-order valence-corrected chi connectivity index (χ0v) is 55.7. The summed E-state index contributed by atoms with van der Waals surface area (Å²) in [7, 11) is 0. The fourth-order valence-corrected chi connectivity index (χ4v) is 11.0. The molecular formula is C77H140O6. The van der Waals surface area contributed by atoms with Crippen molar-refractivity contribution in [1.29, 1.82) is 0 Å². The molecule has 0 heterocycles. The molecule has 0 aliphatic carbocycles. The number of hydrogen-bond acceptors (Lipinski definition) is 6. The van der Waals surface area contributed by atoms with E-state index in [0.29, 0.717) is 19.3 Å². The van der Waals surface area contributed by atoms with Crippen molar-refractivity contribution < 1.29 is 28.6 Å². The molecule has 0 saturated carbocycles. The van der Waals surface area contributed by atoms with Crippen LogP contribution >= 0.6 is 0 Å². The van der Waals surface area contributed by atoms with Crippen molar-refractivity contribution in [3.63, 3.8) is 0 Å². The number of carbonyl (C=O) groups excluding carboxylic acids is 3. The summed E-state index contributed by atoms with van der Waals surface area (Å²) in [5.41, 5.74) is 0. The highest BCUT2D eigenvalue weighted by Crippen LogP contribution is 2.18. The highest BCUT2D eigenvalue weighted by atomic mass is 16.6. The number of ether oxygens (including phenoxy) is 3. The molecule has 0 aliphatic rings. The van der Waals surface area contributed by atoms with Gasteiger partial charge in [-0.1, -0.05) is 345 Å². The van der Waals surface area contributed by atoms with Crippen LogP contribution in [0, 0.1) is 0 Å². The van der Waals surface area contributed by atoms with Gasteiger partial charge in [-0.2, -0.15) is 0 Å². The van der Waals surface area contributed by atoms with E-state index in [1.54, 1.807) is 0 Å². The minimum absolute atomic E-state index is 0.0738. The van der Waals surface area contributed by atoms with Crippen LogP contribution < -0.4 is 0 Å². The van der Waals surface area contributed by atoms with Crippen LogP contribution in [0.2, 0.25) is 0 Å². The zero-order chi connectivity index (χ0) is 59.9. The Morgan fingerprint density at radius 3 is 0.687 bits per heavy atom. The van der Waals surface area contributed by atoms with E-state index in [9.17, 15) is 14.4 Å². The Bertz CT molecular complexity index is 1470. The van der Waals surface area contributed by atoms with Crippen molar-refractivity contribution >= 4 is 17.9 Å². The summed E-state index contributed by atoms with van der Waals surface area (Å²) in [5.74, 6) is -0.861. The van der Waals surface area contributed by atoms with E-state index in [2.05, 4.69) is 81.5 Å². The van der Waals surface area contributed by atoms with Gasteiger partial charge in [0.05, 0.1) is 0 Å². The number of rotatable bonds is 68. The third-order valence-electron chi connectivity index (χ3n) is 16.5. The summed E-state index contributed by atoms with van der Waals surface area (Å²) in [6, 6.07) is 0. The molecule has 0 radical (unpaired) electrons. The zero-order valence-electron chi connectivity index (χ0n) is 55.7. The molecule has 484 valence electrons. The van der Waals surface area contributed by atoms with E-state index >= 15 is 0 Å². The second-order valence-electron chi connectivity index (χ2n) is 24.9. The van der Waals surface area contributed by atoms with Gasteiger partial charge >= 0.3 is 17.9 Å². The molecule has 0 aromatic rings. The van der Waals surface area contributed by atoms with Gasteiger partial charge in [0.15, 0.2) is 6.10 Å². The molecule has 1 unspecified atom stereocenters. The fraction of sp³-hybridized carbons (Fsp3) is 0.831. The van der Waals surface area contributed by atoms with Crippen molar-refractivity contribution in [3.05, 3.63) is 60.8 Å². The topological polar surface area (TPSA) is 78.9 Å². The minimum Gasteiger partial charge on any atom is -0.462 e. The first-order valence-electron chi connectivity index (χ1n) is 36.8. The summed E-state index contributed by atoms with van der Waals surface area (Å²) < 4.78 is 17.0. The molecule has 1 atom stereocenters. The lowest BCUT2D eigenvalue weighted by molar-refractivity contribution is -0.167. The van der Waals surface area contributed by atoms with Crippen LogP contribution in [0.25, 0.3) is 0 Å². The average Bonchev–Trinajstić information content (AvgIpc) is 3.49. The number of allylic oxidation sites excluding steroid dienone is 10. The molecule has 0 aromatic carbocycles. The molecule has 0 rings (SSSR count). The molecular weight excluding hydrogens is 1020 g/mol. The molecule has 0 aliphatic heterocycles. The molecule has 6 nitrogen and oxygen atoms in total. The Morgan fingerprint density at radius 1 is 0.241 bits per heavy atom.